The number of hydrogen-bond donors (Lipinski definition) is 0. The zero-order chi connectivity index (χ0) is 19.9. The standard InChI is InChI=1S/C27H19NS/c29-20-28-18-17-23-5-3-21(4-6-23)1-2-22-9-13-26(14-10-22)27-15-11-25(12-16-27)19-24-7-8-24/h3-6,9-16,24H,7-8,19H2. The van der Waals surface area contributed by atoms with Gasteiger partial charge in [-0.2, -0.15) is 0 Å². The van der Waals surface area contributed by atoms with Crippen molar-refractivity contribution in [2.75, 3.05) is 0 Å². The number of thiocarbonyl (C=S) groups is 1. The van der Waals surface area contributed by atoms with Gasteiger partial charge in [-0.05, 0) is 96.4 Å². The summed E-state index contributed by atoms with van der Waals surface area (Å²) in [5, 5.41) is 2.23. The molecule has 29 heavy (non-hydrogen) atoms. The number of rotatable bonds is 3. The van der Waals surface area contributed by atoms with Gasteiger partial charge in [0.15, 0.2) is 0 Å². The quantitative estimate of drug-likeness (QED) is 0.299. The minimum atomic E-state index is 0.872. The van der Waals surface area contributed by atoms with Crippen molar-refractivity contribution in [1.82, 2.24) is 0 Å². The summed E-state index contributed by atoms with van der Waals surface area (Å²) < 4.78 is 0. The fourth-order valence-electron chi connectivity index (χ4n) is 3.13. The normalized spacial score (nSPS) is 12.0. The first kappa shape index (κ1) is 18.9. The van der Waals surface area contributed by atoms with Crippen LogP contribution < -0.4 is 0 Å². The highest BCUT2D eigenvalue weighted by Crippen LogP contribution is 2.33. The van der Waals surface area contributed by atoms with E-state index in [1.54, 1.807) is 0 Å². The van der Waals surface area contributed by atoms with E-state index in [1.165, 1.54) is 36.0 Å². The van der Waals surface area contributed by atoms with Crippen molar-refractivity contribution in [3.63, 3.8) is 0 Å². The molecule has 0 heterocycles. The molecule has 0 atom stereocenters. The molecule has 1 aliphatic rings. The third kappa shape index (κ3) is 5.54. The summed E-state index contributed by atoms with van der Waals surface area (Å²) in [6.07, 6.45) is 4.02. The fourth-order valence-corrected chi connectivity index (χ4v) is 3.18. The van der Waals surface area contributed by atoms with Crippen LogP contribution in [0.2, 0.25) is 0 Å². The Hall–Kier alpha value is -3.42. The van der Waals surface area contributed by atoms with Crippen LogP contribution in [0.15, 0.2) is 77.8 Å². The fraction of sp³-hybridized carbons (Fsp3) is 0.148. The van der Waals surface area contributed by atoms with Gasteiger partial charge in [0.05, 0.1) is 11.2 Å². The van der Waals surface area contributed by atoms with Crippen LogP contribution >= 0.6 is 12.2 Å². The maximum Gasteiger partial charge on any atom is 0.0743 e. The highest BCUT2D eigenvalue weighted by atomic mass is 32.1. The number of benzene rings is 3. The monoisotopic (exact) mass is 389 g/mol. The summed E-state index contributed by atoms with van der Waals surface area (Å²) in [5.41, 5.74) is 6.73. The third-order valence-electron chi connectivity index (χ3n) is 4.93. The van der Waals surface area contributed by atoms with E-state index in [1.807, 2.05) is 24.3 Å². The Kier molecular flexibility index (Phi) is 5.99. The van der Waals surface area contributed by atoms with Crippen molar-refractivity contribution >= 4 is 17.4 Å². The van der Waals surface area contributed by atoms with E-state index in [9.17, 15) is 0 Å². The Morgan fingerprint density at radius 1 is 0.690 bits per heavy atom. The molecule has 138 valence electrons. The lowest BCUT2D eigenvalue weighted by molar-refractivity contribution is 0.832. The smallest absolute Gasteiger partial charge is 0.0743 e. The van der Waals surface area contributed by atoms with Crippen molar-refractivity contribution in [2.45, 2.75) is 19.3 Å². The van der Waals surface area contributed by atoms with Crippen molar-refractivity contribution in [2.24, 2.45) is 10.9 Å². The highest BCUT2D eigenvalue weighted by molar-refractivity contribution is 7.78. The molecule has 0 aromatic heterocycles. The van der Waals surface area contributed by atoms with Crippen molar-refractivity contribution in [3.05, 3.63) is 95.1 Å². The molecule has 1 aliphatic carbocycles. The second kappa shape index (κ2) is 9.18. The average molecular weight is 390 g/mol. The first-order valence-electron chi connectivity index (χ1n) is 9.69. The molecule has 0 aliphatic heterocycles. The first-order chi connectivity index (χ1) is 14.3. The molecule has 1 fully saturated rings. The molecule has 2 heteroatoms. The van der Waals surface area contributed by atoms with Gasteiger partial charge in [0, 0.05) is 16.7 Å². The average Bonchev–Trinajstić information content (AvgIpc) is 3.58. The summed E-state index contributed by atoms with van der Waals surface area (Å²) in [7, 11) is 0. The van der Waals surface area contributed by atoms with Gasteiger partial charge in [-0.15, -0.1) is 4.99 Å². The van der Waals surface area contributed by atoms with Gasteiger partial charge in [-0.1, -0.05) is 48.2 Å². The predicted molar refractivity (Wildman–Crippen MR) is 123 cm³/mol. The van der Waals surface area contributed by atoms with Crippen LogP contribution in [-0.4, -0.2) is 5.16 Å². The lowest BCUT2D eigenvalue weighted by Crippen LogP contribution is -1.87. The molecule has 4 rings (SSSR count). The molecular weight excluding hydrogens is 370 g/mol. The Labute approximate surface area is 177 Å². The zero-order valence-corrected chi connectivity index (χ0v) is 16.8. The molecule has 0 unspecified atom stereocenters. The van der Waals surface area contributed by atoms with Crippen LogP contribution in [-0.2, 0) is 6.42 Å². The van der Waals surface area contributed by atoms with E-state index in [0.29, 0.717) is 0 Å². The van der Waals surface area contributed by atoms with E-state index in [4.69, 9.17) is 0 Å². The van der Waals surface area contributed by atoms with Crippen LogP contribution in [0.25, 0.3) is 11.1 Å². The molecule has 1 saturated carbocycles. The number of isothiocyanates is 1. The van der Waals surface area contributed by atoms with Crippen LogP contribution in [0.3, 0.4) is 0 Å². The van der Waals surface area contributed by atoms with Gasteiger partial charge >= 0.3 is 0 Å². The maximum absolute atomic E-state index is 4.49. The van der Waals surface area contributed by atoms with Crippen LogP contribution in [0.5, 0.6) is 0 Å². The minimum absolute atomic E-state index is 0.872. The Bertz CT molecular complexity index is 1150. The van der Waals surface area contributed by atoms with E-state index in [-0.39, 0.29) is 0 Å². The molecule has 0 spiro atoms. The first-order valence-corrected chi connectivity index (χ1v) is 10.1. The van der Waals surface area contributed by atoms with Crippen LogP contribution in [0.1, 0.15) is 35.1 Å². The van der Waals surface area contributed by atoms with Crippen LogP contribution in [0, 0.1) is 29.7 Å². The van der Waals surface area contributed by atoms with E-state index in [2.05, 4.69) is 94.7 Å². The summed E-state index contributed by atoms with van der Waals surface area (Å²) in [6.45, 7) is 0. The van der Waals surface area contributed by atoms with Gasteiger partial charge in [0.1, 0.15) is 0 Å². The van der Waals surface area contributed by atoms with Gasteiger partial charge in [0.25, 0.3) is 0 Å². The number of aliphatic imine (C=N–C) groups is 1. The van der Waals surface area contributed by atoms with E-state index in [0.717, 1.165) is 22.6 Å². The molecule has 0 amide bonds. The van der Waals surface area contributed by atoms with Crippen molar-refractivity contribution in [1.29, 1.82) is 0 Å². The van der Waals surface area contributed by atoms with Crippen LogP contribution in [0.4, 0.5) is 0 Å². The summed E-state index contributed by atoms with van der Waals surface area (Å²) in [5.74, 6) is 10.2. The molecular formula is C27H19NS. The molecule has 3 aromatic rings. The largest absolute Gasteiger partial charge is 0.142 e. The molecule has 0 N–H and O–H groups in total. The van der Waals surface area contributed by atoms with Gasteiger partial charge < -0.3 is 0 Å². The lowest BCUT2D eigenvalue weighted by atomic mass is 10.0. The highest BCUT2D eigenvalue weighted by Gasteiger charge is 2.21. The van der Waals surface area contributed by atoms with E-state index < -0.39 is 0 Å². The Morgan fingerprint density at radius 3 is 1.69 bits per heavy atom. The van der Waals surface area contributed by atoms with E-state index >= 15 is 0 Å². The zero-order valence-electron chi connectivity index (χ0n) is 16.0. The molecule has 0 bridgehead atoms. The SMILES string of the molecule is S=C=NC#Cc1ccc(C#Cc2ccc(-c3ccc(CC4CC4)cc3)cc2)cc1. The lowest BCUT2D eigenvalue weighted by Gasteiger charge is -2.04. The summed E-state index contributed by atoms with van der Waals surface area (Å²) in [6, 6.07) is 27.7. The number of hydrogen-bond acceptors (Lipinski definition) is 2. The second-order valence-corrected chi connectivity index (χ2v) is 7.37. The predicted octanol–water partition coefficient (Wildman–Crippen LogP) is 6.12. The van der Waals surface area contributed by atoms with Gasteiger partial charge in [-0.25, -0.2) is 0 Å². The second-order valence-electron chi connectivity index (χ2n) is 7.19. The van der Waals surface area contributed by atoms with Crippen molar-refractivity contribution < 1.29 is 0 Å². The summed E-state index contributed by atoms with van der Waals surface area (Å²) in [4.78, 5) is 3.59. The Morgan fingerprint density at radius 2 is 1.17 bits per heavy atom. The Balaban J connectivity index is 1.42. The van der Waals surface area contributed by atoms with Gasteiger partial charge in [0.2, 0.25) is 0 Å². The number of nitrogens with zero attached hydrogens (tertiary/aromatic N) is 1. The van der Waals surface area contributed by atoms with Crippen molar-refractivity contribution in [3.8, 4) is 34.9 Å². The molecule has 0 radical (unpaired) electrons. The minimum Gasteiger partial charge on any atom is -0.142 e. The van der Waals surface area contributed by atoms with Gasteiger partial charge in [-0.3, -0.25) is 0 Å². The maximum atomic E-state index is 4.49. The topological polar surface area (TPSA) is 12.4 Å². The third-order valence-corrected chi connectivity index (χ3v) is 5.02. The molecule has 1 nitrogen and oxygen atoms in total. The summed E-state index contributed by atoms with van der Waals surface area (Å²) >= 11 is 4.49. The molecule has 3 aromatic carbocycles. The molecule has 0 saturated heterocycles.